The summed E-state index contributed by atoms with van der Waals surface area (Å²) in [5.41, 5.74) is 0. The minimum Gasteiger partial charge on any atom is -2.00 e. The Kier molecular flexibility index (Phi) is 184. The summed E-state index contributed by atoms with van der Waals surface area (Å²) >= 11 is 0. The van der Waals surface area contributed by atoms with Crippen molar-refractivity contribution < 1.29 is 80.6 Å². The van der Waals surface area contributed by atoms with Crippen molar-refractivity contribution in [2.24, 2.45) is 0 Å². The van der Waals surface area contributed by atoms with Crippen LogP contribution < -0.4 is 0 Å². The first-order valence-electron chi connectivity index (χ1n) is 0. The maximum absolute atomic E-state index is 0. The van der Waals surface area contributed by atoms with Crippen LogP contribution in [0.25, 0.3) is 0 Å². The third kappa shape index (κ3) is 18.1. The molecule has 0 N–H and O–H groups in total. The van der Waals surface area contributed by atoms with Crippen LogP contribution in [0, 0.1) is 41.3 Å². The van der Waals surface area contributed by atoms with Gasteiger partial charge in [-0.3, -0.25) is 0 Å². The molecule has 2 radical (unpaired) electrons. The predicted molar refractivity (Wildman–Crippen MR) is 6.44 cm³/mol. The van der Waals surface area contributed by atoms with Gasteiger partial charge in [0.2, 0.25) is 0 Å². The first-order valence-corrected chi connectivity index (χ1v) is 0. The van der Waals surface area contributed by atoms with E-state index < -0.39 is 0 Å². The average molecular weight is 358 g/mol. The summed E-state index contributed by atoms with van der Waals surface area (Å²) in [5, 5.41) is 0. The van der Waals surface area contributed by atoms with E-state index in [1.54, 1.807) is 0 Å². The first kappa shape index (κ1) is 36.9. The van der Waals surface area contributed by atoms with E-state index >= 15 is 0 Å². The van der Waals surface area contributed by atoms with Gasteiger partial charge in [0, 0.05) is 0 Å². The van der Waals surface area contributed by atoms with Crippen LogP contribution in [0.2, 0.25) is 0 Å². The van der Waals surface area contributed by atoms with Crippen molar-refractivity contribution in [2.75, 3.05) is 0 Å². The van der Waals surface area contributed by atoms with Crippen LogP contribution in [0.4, 0.5) is 0 Å². The number of hydrogen-bond acceptors (Lipinski definition) is 0. The zero-order valence-corrected chi connectivity index (χ0v) is 11.8. The molecule has 0 bridgehead atoms. The van der Waals surface area contributed by atoms with Crippen molar-refractivity contribution in [2.45, 2.75) is 0 Å². The van der Waals surface area contributed by atoms with Gasteiger partial charge in [-0.05, 0) is 0 Å². The second-order valence-corrected chi connectivity index (χ2v) is 0. The van der Waals surface area contributed by atoms with Gasteiger partial charge in [-0.15, -0.1) is 0 Å². The molecule has 0 rings (SSSR count). The second-order valence-electron chi connectivity index (χ2n) is 0. The molecule has 5 heteroatoms. The molecular weight excluding hydrogens is 358 g/mol. The molecule has 0 saturated heterocycles. The van der Waals surface area contributed by atoms with E-state index in [0.29, 0.717) is 0 Å². The van der Waals surface area contributed by atoms with Crippen LogP contribution in [0.5, 0.6) is 0 Å². The standard InChI is InChI=1S/Co.Mn.O.Pr.Sr/q2*+2;-2;+3;+2. The summed E-state index contributed by atoms with van der Waals surface area (Å²) < 4.78 is 0. The minimum absolute atomic E-state index is 0. The quantitative estimate of drug-likeness (QED) is 0.523. The van der Waals surface area contributed by atoms with Gasteiger partial charge < -0.3 is 5.48 Å². The van der Waals surface area contributed by atoms with Crippen LogP contribution in [0.1, 0.15) is 0 Å². The van der Waals surface area contributed by atoms with Crippen molar-refractivity contribution >= 4 is 45.5 Å². The van der Waals surface area contributed by atoms with E-state index in [1.807, 2.05) is 0 Å². The fourth-order valence-corrected chi connectivity index (χ4v) is 0. The predicted octanol–water partition coefficient (Wildman–Crippen LogP) is -0.505. The first-order chi connectivity index (χ1) is 0. The topological polar surface area (TPSA) is 28.5 Å². The Morgan fingerprint density at radius 1 is 1.00 bits per heavy atom. The molecule has 0 fully saturated rings. The maximum Gasteiger partial charge on any atom is 3.00 e. The molecule has 0 aliphatic rings. The van der Waals surface area contributed by atoms with Crippen molar-refractivity contribution in [3.05, 3.63) is 0 Å². The fourth-order valence-electron chi connectivity index (χ4n) is 0. The van der Waals surface area contributed by atoms with Gasteiger partial charge >= 0.3 is 121 Å². The van der Waals surface area contributed by atoms with Gasteiger partial charge in [0.25, 0.3) is 0 Å². The molecule has 0 amide bonds. The van der Waals surface area contributed by atoms with E-state index in [9.17, 15) is 0 Å². The normalized spacial score (nSPS) is 0. The molecule has 0 aliphatic carbocycles. The van der Waals surface area contributed by atoms with Crippen molar-refractivity contribution in [1.29, 1.82) is 0 Å². The van der Waals surface area contributed by atoms with Crippen LogP contribution >= 0.6 is 0 Å². The van der Waals surface area contributed by atoms with E-state index in [4.69, 9.17) is 0 Å². The molecule has 0 aromatic rings. The summed E-state index contributed by atoms with van der Waals surface area (Å²) in [6.45, 7) is 0. The van der Waals surface area contributed by atoms with Crippen molar-refractivity contribution in [3.8, 4) is 0 Å². The SMILES string of the molecule is [Co+2].[Mn+2].[O-2].[Pr+3].[Sr+2]. The monoisotopic (exact) mass is 359 g/mol. The smallest absolute Gasteiger partial charge is 2.00 e. The molecule has 20 valence electrons. The van der Waals surface area contributed by atoms with Gasteiger partial charge in [-0.2, -0.15) is 0 Å². The zero-order valence-electron chi connectivity index (χ0n) is 2.40. The van der Waals surface area contributed by atoms with Gasteiger partial charge in [-0.25, -0.2) is 0 Å². The van der Waals surface area contributed by atoms with E-state index in [0.717, 1.165) is 0 Å². The largest absolute Gasteiger partial charge is 3.00 e. The number of hydrogen-bond donors (Lipinski definition) is 0. The molecule has 0 spiro atoms. The molecule has 0 aliphatic heterocycles. The Balaban J connectivity index is 0. The molecule has 0 aromatic heterocycles. The second kappa shape index (κ2) is 24.9. The molecule has 0 unspecified atom stereocenters. The van der Waals surface area contributed by atoms with Crippen molar-refractivity contribution in [1.82, 2.24) is 0 Å². The van der Waals surface area contributed by atoms with Gasteiger partial charge in [0.05, 0.1) is 0 Å². The Hall–Kier alpha value is 3.83. The molecule has 0 atom stereocenters. The summed E-state index contributed by atoms with van der Waals surface area (Å²) in [6.07, 6.45) is 0. The third-order valence-corrected chi connectivity index (χ3v) is 0. The summed E-state index contributed by atoms with van der Waals surface area (Å²) in [5.74, 6) is 0. The van der Waals surface area contributed by atoms with Crippen LogP contribution in [0.15, 0.2) is 0 Å². The summed E-state index contributed by atoms with van der Waals surface area (Å²) in [6, 6.07) is 0. The molecule has 0 aromatic carbocycles. The molecule has 0 heterocycles. The summed E-state index contributed by atoms with van der Waals surface area (Å²) in [7, 11) is 0. The zero-order chi connectivity index (χ0) is 0. The van der Waals surface area contributed by atoms with E-state index in [-0.39, 0.29) is 126 Å². The Bertz CT molecular complexity index is 11.6. The average Bonchev–Trinajstić information content (AvgIpc) is 0. The van der Waals surface area contributed by atoms with E-state index in [1.165, 1.54) is 0 Å². The van der Waals surface area contributed by atoms with Crippen LogP contribution in [-0.2, 0) is 39.3 Å². The van der Waals surface area contributed by atoms with Crippen molar-refractivity contribution in [3.63, 3.8) is 0 Å². The molecule has 1 nitrogen and oxygen atoms in total. The molecule has 0 saturated carbocycles. The van der Waals surface area contributed by atoms with Gasteiger partial charge in [0.15, 0.2) is 0 Å². The van der Waals surface area contributed by atoms with Crippen LogP contribution in [-0.4, -0.2) is 45.5 Å². The van der Waals surface area contributed by atoms with Gasteiger partial charge in [0.1, 0.15) is 0 Å². The summed E-state index contributed by atoms with van der Waals surface area (Å²) in [4.78, 5) is 0. The molecular formula is CoMnOPrSr+7. The Morgan fingerprint density at radius 3 is 1.00 bits per heavy atom. The number of rotatable bonds is 0. The van der Waals surface area contributed by atoms with Gasteiger partial charge in [-0.1, -0.05) is 0 Å². The Labute approximate surface area is 123 Å². The van der Waals surface area contributed by atoms with E-state index in [2.05, 4.69) is 0 Å². The van der Waals surface area contributed by atoms with Crippen LogP contribution in [0.3, 0.4) is 0 Å². The fraction of sp³-hybridized carbons (Fsp3) is 0. The minimum atomic E-state index is 0. The maximum atomic E-state index is 0. The third-order valence-electron chi connectivity index (χ3n) is 0. The Morgan fingerprint density at radius 2 is 1.00 bits per heavy atom. The molecule has 5 heavy (non-hydrogen) atoms.